The molecular weight excluding hydrogens is 275 g/mol. The molecule has 2 aromatic rings. The van der Waals surface area contributed by atoms with Crippen molar-refractivity contribution in [2.75, 3.05) is 11.5 Å². The van der Waals surface area contributed by atoms with Gasteiger partial charge in [-0.15, -0.1) is 36.9 Å². The van der Waals surface area contributed by atoms with E-state index < -0.39 is 0 Å². The van der Waals surface area contributed by atoms with Gasteiger partial charge in [0.1, 0.15) is 0 Å². The number of nitrogens with two attached hydrogens (primary N) is 2. The van der Waals surface area contributed by atoms with Crippen LogP contribution in [0, 0.1) is 0 Å². The van der Waals surface area contributed by atoms with Gasteiger partial charge in [-0.3, -0.25) is 0 Å². The second kappa shape index (κ2) is 11.5. The quantitative estimate of drug-likeness (QED) is 0.579. The number of hydrogen-bond acceptors (Lipinski definition) is 2. The van der Waals surface area contributed by atoms with Crippen LogP contribution in [0.2, 0.25) is 0 Å². The van der Waals surface area contributed by atoms with Crippen LogP contribution in [-0.4, -0.2) is 0 Å². The molecule has 15 heavy (non-hydrogen) atoms. The molecule has 0 aliphatic carbocycles. The summed E-state index contributed by atoms with van der Waals surface area (Å²) >= 11 is 0. The van der Waals surface area contributed by atoms with Crippen molar-refractivity contribution in [2.24, 2.45) is 0 Å². The van der Waals surface area contributed by atoms with E-state index in [4.69, 9.17) is 11.5 Å². The van der Waals surface area contributed by atoms with Crippen LogP contribution >= 0.6 is 24.8 Å². The second-order valence-electron chi connectivity index (χ2n) is 2.44. The molecule has 0 bridgehead atoms. The minimum atomic E-state index is 0. The second-order valence-corrected chi connectivity index (χ2v) is 2.44. The molecule has 0 saturated carbocycles. The predicted molar refractivity (Wildman–Crippen MR) is 67.4 cm³/mol. The maximum atomic E-state index is 5.28. The molecule has 2 nitrogen and oxygen atoms in total. The van der Waals surface area contributed by atoms with Crippen molar-refractivity contribution >= 4 is 36.2 Å². The third-order valence-electron chi connectivity index (χ3n) is 1.38. The Morgan fingerprint density at radius 3 is 1.20 bits per heavy atom. The maximum Gasteiger partial charge on any atom is 2.00 e. The zero-order chi connectivity index (χ0) is 8.81. The fourth-order valence-corrected chi connectivity index (χ4v) is 0.778. The first-order valence-electron chi connectivity index (χ1n) is 3.73. The summed E-state index contributed by atoms with van der Waals surface area (Å²) in [6, 6.07) is 15.1. The Balaban J connectivity index is -0.000000160. The molecule has 2 aromatic carbocycles. The van der Waals surface area contributed by atoms with Gasteiger partial charge >= 0.3 is 17.1 Å². The molecular formula is C10H14Cl2FeN2. The van der Waals surface area contributed by atoms with E-state index in [0.717, 1.165) is 11.4 Å². The summed E-state index contributed by atoms with van der Waals surface area (Å²) in [5.74, 6) is 0. The summed E-state index contributed by atoms with van der Waals surface area (Å²) in [5, 5.41) is 0. The van der Waals surface area contributed by atoms with Crippen LogP contribution in [0.15, 0.2) is 48.5 Å². The van der Waals surface area contributed by atoms with Gasteiger partial charge in [-0.2, -0.15) is 24.3 Å². The van der Waals surface area contributed by atoms with Crippen LogP contribution in [-0.2, 0) is 17.1 Å². The van der Waals surface area contributed by atoms with Gasteiger partial charge in [-0.05, 0) is 0 Å². The molecule has 0 amide bonds. The van der Waals surface area contributed by atoms with Crippen LogP contribution in [0.3, 0.4) is 0 Å². The molecule has 0 unspecified atom stereocenters. The molecule has 0 radical (unpaired) electrons. The Morgan fingerprint density at radius 1 is 0.800 bits per heavy atom. The van der Waals surface area contributed by atoms with Crippen molar-refractivity contribution in [3.8, 4) is 0 Å². The Kier molecular flexibility index (Phi) is 15.2. The minimum absolute atomic E-state index is 0. The fourth-order valence-electron chi connectivity index (χ4n) is 0.778. The topological polar surface area (TPSA) is 52.0 Å². The van der Waals surface area contributed by atoms with Gasteiger partial charge in [0.2, 0.25) is 0 Å². The Labute approximate surface area is 113 Å². The van der Waals surface area contributed by atoms with Crippen LogP contribution in [0.1, 0.15) is 0 Å². The third kappa shape index (κ3) is 9.70. The molecule has 4 N–H and O–H groups in total. The van der Waals surface area contributed by atoms with Crippen LogP contribution in [0.5, 0.6) is 0 Å². The Bertz CT molecular complexity index is 261. The van der Waals surface area contributed by atoms with E-state index in [1.54, 1.807) is 0 Å². The average Bonchev–Trinajstić information content (AvgIpc) is 2.63. The zero-order valence-corrected chi connectivity index (χ0v) is 10.7. The molecule has 0 spiro atoms. The first-order chi connectivity index (χ1) is 5.79. The van der Waals surface area contributed by atoms with Gasteiger partial charge in [0.05, 0.1) is 0 Å². The van der Waals surface area contributed by atoms with Crippen molar-refractivity contribution < 1.29 is 17.1 Å². The Hall–Kier alpha value is -0.601. The van der Waals surface area contributed by atoms with Crippen molar-refractivity contribution in [1.82, 2.24) is 0 Å². The first kappa shape index (κ1) is 19.9. The largest absolute Gasteiger partial charge is 2.00 e. The van der Waals surface area contributed by atoms with Gasteiger partial charge in [0, 0.05) is 0 Å². The van der Waals surface area contributed by atoms with Crippen molar-refractivity contribution in [3.63, 3.8) is 0 Å². The van der Waals surface area contributed by atoms with Crippen LogP contribution in [0.25, 0.3) is 0 Å². The molecule has 2 rings (SSSR count). The molecule has 86 valence electrons. The van der Waals surface area contributed by atoms with Crippen LogP contribution in [0.4, 0.5) is 11.4 Å². The summed E-state index contributed by atoms with van der Waals surface area (Å²) < 4.78 is 0. The summed E-state index contributed by atoms with van der Waals surface area (Å²) in [7, 11) is 0. The smallest absolute Gasteiger partial charge is 0.420 e. The van der Waals surface area contributed by atoms with E-state index in [2.05, 4.69) is 0 Å². The fraction of sp³-hybridized carbons (Fsp3) is 0. The van der Waals surface area contributed by atoms with Gasteiger partial charge < -0.3 is 11.5 Å². The first-order valence-corrected chi connectivity index (χ1v) is 3.73. The zero-order valence-electron chi connectivity index (χ0n) is 7.94. The van der Waals surface area contributed by atoms with E-state index in [1.807, 2.05) is 48.5 Å². The van der Waals surface area contributed by atoms with Crippen molar-refractivity contribution in [1.29, 1.82) is 0 Å². The van der Waals surface area contributed by atoms with Gasteiger partial charge in [-0.25, -0.2) is 12.1 Å². The predicted octanol–water partition coefficient (Wildman–Crippen LogP) is 2.82. The van der Waals surface area contributed by atoms with E-state index in [9.17, 15) is 0 Å². The molecule has 0 saturated heterocycles. The molecule has 0 fully saturated rings. The monoisotopic (exact) mass is 288 g/mol. The summed E-state index contributed by atoms with van der Waals surface area (Å²) in [4.78, 5) is 0. The standard InChI is InChI=1S/2C5H6N.2ClH.Fe/c2*6-5-3-1-2-4-5;;;/h2*1-4H,6H2;2*1H;/q2*-1;;;+2. The number of nitrogen functional groups attached to an aromatic ring is 2. The summed E-state index contributed by atoms with van der Waals surface area (Å²) in [5.41, 5.74) is 12.2. The molecule has 0 aromatic heterocycles. The van der Waals surface area contributed by atoms with Gasteiger partial charge in [-0.1, -0.05) is 11.4 Å². The molecule has 0 aliphatic heterocycles. The van der Waals surface area contributed by atoms with Crippen molar-refractivity contribution in [2.45, 2.75) is 0 Å². The van der Waals surface area contributed by atoms with E-state index in [1.165, 1.54) is 0 Å². The van der Waals surface area contributed by atoms with Gasteiger partial charge in [0.25, 0.3) is 0 Å². The molecule has 0 heterocycles. The number of hydrogen-bond donors (Lipinski definition) is 2. The normalized spacial score (nSPS) is 6.93. The molecule has 0 atom stereocenters. The van der Waals surface area contributed by atoms with E-state index in [-0.39, 0.29) is 41.9 Å². The average molecular weight is 289 g/mol. The Morgan fingerprint density at radius 2 is 1.13 bits per heavy atom. The summed E-state index contributed by atoms with van der Waals surface area (Å²) in [6.07, 6.45) is 0. The van der Waals surface area contributed by atoms with E-state index in [0.29, 0.717) is 0 Å². The van der Waals surface area contributed by atoms with Gasteiger partial charge in [0.15, 0.2) is 0 Å². The van der Waals surface area contributed by atoms with Crippen molar-refractivity contribution in [3.05, 3.63) is 48.5 Å². The number of anilines is 2. The number of rotatable bonds is 0. The third-order valence-corrected chi connectivity index (χ3v) is 1.38. The number of halogens is 2. The SMILES string of the molecule is Cl.Cl.Nc1ccc[cH-]1.Nc1ccc[cH-]1.[Fe+2]. The van der Waals surface area contributed by atoms with Crippen LogP contribution < -0.4 is 11.5 Å². The van der Waals surface area contributed by atoms with E-state index >= 15 is 0 Å². The summed E-state index contributed by atoms with van der Waals surface area (Å²) in [6.45, 7) is 0. The molecule has 5 heteroatoms. The molecule has 0 aliphatic rings. The minimum Gasteiger partial charge on any atom is -0.420 e. The maximum absolute atomic E-state index is 5.28.